The van der Waals surface area contributed by atoms with Crippen LogP contribution in [0.1, 0.15) is 5.56 Å². The van der Waals surface area contributed by atoms with Crippen molar-refractivity contribution in [1.82, 2.24) is 0 Å². The molecule has 0 spiro atoms. The van der Waals surface area contributed by atoms with Crippen LogP contribution in [-0.4, -0.2) is 8.76 Å². The number of rotatable bonds is 3. The molecule has 2 aromatic carbocycles. The zero-order chi connectivity index (χ0) is 13.1. The lowest BCUT2D eigenvalue weighted by atomic mass is 10.2. The Kier molecular flexibility index (Phi) is 4.16. The molecule has 0 heterocycles. The molecule has 0 aliphatic heterocycles. The van der Waals surface area contributed by atoms with Crippen molar-refractivity contribution >= 4 is 38.6 Å². The number of halogens is 1. The minimum absolute atomic E-state index is 0.607. The van der Waals surface area contributed by atoms with Crippen LogP contribution in [0.2, 0.25) is 0 Å². The first-order chi connectivity index (χ1) is 8.58. The molecule has 0 aliphatic carbocycles. The molecular weight excluding hydrogens is 314 g/mol. The summed E-state index contributed by atoms with van der Waals surface area (Å²) in [5.41, 5.74) is 2.32. The minimum Gasteiger partial charge on any atom is -0.755 e. The van der Waals surface area contributed by atoms with Gasteiger partial charge in [-0.1, -0.05) is 33.6 Å². The lowest BCUT2D eigenvalue weighted by Gasteiger charge is -2.26. The van der Waals surface area contributed by atoms with Gasteiger partial charge in [0.15, 0.2) is 0 Å². The van der Waals surface area contributed by atoms with Crippen LogP contribution in [0, 0.1) is 6.92 Å². The van der Waals surface area contributed by atoms with Gasteiger partial charge in [-0.25, -0.2) is 0 Å². The molecule has 0 saturated heterocycles. The van der Waals surface area contributed by atoms with Crippen molar-refractivity contribution in [3.63, 3.8) is 0 Å². The van der Waals surface area contributed by atoms with Crippen LogP contribution in [0.5, 0.6) is 0 Å². The fraction of sp³-hybridized carbons (Fsp3) is 0.0769. The van der Waals surface area contributed by atoms with Gasteiger partial charge in [-0.05, 0) is 43.3 Å². The Morgan fingerprint density at radius 3 is 1.89 bits per heavy atom. The molecule has 0 bridgehead atoms. The molecule has 18 heavy (non-hydrogen) atoms. The zero-order valence-corrected chi connectivity index (χ0v) is 12.1. The van der Waals surface area contributed by atoms with Crippen LogP contribution >= 0.6 is 15.9 Å². The van der Waals surface area contributed by atoms with E-state index < -0.39 is 11.3 Å². The molecule has 0 radical (unpaired) electrons. The smallest absolute Gasteiger partial charge is 0.0538 e. The van der Waals surface area contributed by atoms with E-state index in [-0.39, 0.29) is 0 Å². The van der Waals surface area contributed by atoms with Crippen LogP contribution in [0.25, 0.3) is 0 Å². The van der Waals surface area contributed by atoms with Crippen molar-refractivity contribution in [2.45, 2.75) is 6.92 Å². The number of nitrogens with zero attached hydrogens (tertiary/aromatic N) is 1. The summed E-state index contributed by atoms with van der Waals surface area (Å²) in [5, 5.41) is 0. The molecule has 1 unspecified atom stereocenters. The van der Waals surface area contributed by atoms with E-state index in [1.807, 2.05) is 31.2 Å². The van der Waals surface area contributed by atoms with Crippen molar-refractivity contribution in [3.05, 3.63) is 58.6 Å². The van der Waals surface area contributed by atoms with E-state index in [2.05, 4.69) is 15.9 Å². The third-order valence-electron chi connectivity index (χ3n) is 2.48. The second-order valence-corrected chi connectivity index (χ2v) is 5.54. The van der Waals surface area contributed by atoms with Crippen molar-refractivity contribution in [3.8, 4) is 0 Å². The van der Waals surface area contributed by atoms with E-state index in [0.29, 0.717) is 11.4 Å². The topological polar surface area (TPSA) is 43.4 Å². The second-order valence-electron chi connectivity index (χ2n) is 3.82. The fourth-order valence-electron chi connectivity index (χ4n) is 1.58. The largest absolute Gasteiger partial charge is 0.755 e. The second kappa shape index (κ2) is 5.65. The summed E-state index contributed by atoms with van der Waals surface area (Å²) in [7, 11) is 0. The summed E-state index contributed by atoms with van der Waals surface area (Å²) in [6.07, 6.45) is 0. The molecule has 3 nitrogen and oxygen atoms in total. The number of hydrogen-bond donors (Lipinski definition) is 0. The van der Waals surface area contributed by atoms with Gasteiger partial charge in [0.1, 0.15) is 0 Å². The lowest BCUT2D eigenvalue weighted by Crippen LogP contribution is -2.19. The van der Waals surface area contributed by atoms with Crippen molar-refractivity contribution in [2.75, 3.05) is 4.31 Å². The first-order valence-corrected chi connectivity index (χ1v) is 7.12. The maximum atomic E-state index is 11.4. The minimum atomic E-state index is -2.35. The van der Waals surface area contributed by atoms with E-state index in [9.17, 15) is 8.76 Å². The molecule has 2 aromatic rings. The van der Waals surface area contributed by atoms with Crippen LogP contribution < -0.4 is 4.31 Å². The van der Waals surface area contributed by atoms with Crippen LogP contribution in [-0.2, 0) is 11.3 Å². The molecule has 0 amide bonds. The van der Waals surface area contributed by atoms with Gasteiger partial charge in [0.25, 0.3) is 0 Å². The van der Waals surface area contributed by atoms with E-state index in [1.165, 1.54) is 4.31 Å². The summed E-state index contributed by atoms with van der Waals surface area (Å²) in [6, 6.07) is 14.5. The van der Waals surface area contributed by atoms with Crippen molar-refractivity contribution in [2.24, 2.45) is 0 Å². The Morgan fingerprint density at radius 2 is 1.44 bits per heavy atom. The van der Waals surface area contributed by atoms with Gasteiger partial charge in [0.05, 0.1) is 22.6 Å². The van der Waals surface area contributed by atoms with Crippen LogP contribution in [0.15, 0.2) is 53.0 Å². The first-order valence-electron chi connectivity index (χ1n) is 5.29. The lowest BCUT2D eigenvalue weighted by molar-refractivity contribution is 0.537. The molecule has 0 N–H and O–H groups in total. The molecule has 0 aromatic heterocycles. The SMILES string of the molecule is Cc1ccc(N(c2ccc(Br)cc2)S(=O)[O-])cc1. The van der Waals surface area contributed by atoms with Gasteiger partial charge in [-0.2, -0.15) is 0 Å². The predicted octanol–water partition coefficient (Wildman–Crippen LogP) is 3.69. The molecule has 0 aliphatic rings. The zero-order valence-electron chi connectivity index (χ0n) is 9.67. The summed E-state index contributed by atoms with van der Waals surface area (Å²) < 4.78 is 24.9. The fourth-order valence-corrected chi connectivity index (χ4v) is 2.43. The summed E-state index contributed by atoms with van der Waals surface area (Å²) in [6.45, 7) is 1.96. The standard InChI is InChI=1S/C13H12BrNO2S/c1-10-2-6-12(7-3-10)15(18(16)17)13-8-4-11(14)5-9-13/h2-9H,1H3,(H,16,17)/p-1. The number of anilines is 2. The Hall–Kier alpha value is -1.17. The summed E-state index contributed by atoms with van der Waals surface area (Å²) >= 11 is 0.974. The summed E-state index contributed by atoms with van der Waals surface area (Å²) in [4.78, 5) is 0. The van der Waals surface area contributed by atoms with Gasteiger partial charge in [-0.3, -0.25) is 8.51 Å². The van der Waals surface area contributed by atoms with Gasteiger partial charge in [0.2, 0.25) is 0 Å². The van der Waals surface area contributed by atoms with E-state index in [4.69, 9.17) is 0 Å². The highest BCUT2D eigenvalue weighted by Gasteiger charge is 2.09. The van der Waals surface area contributed by atoms with E-state index in [0.717, 1.165) is 10.0 Å². The maximum Gasteiger partial charge on any atom is 0.0538 e. The summed E-state index contributed by atoms with van der Waals surface area (Å²) in [5.74, 6) is 0. The molecule has 2 rings (SSSR count). The van der Waals surface area contributed by atoms with E-state index in [1.54, 1.807) is 24.3 Å². The average Bonchev–Trinajstić information content (AvgIpc) is 2.34. The Balaban J connectivity index is 2.43. The van der Waals surface area contributed by atoms with E-state index >= 15 is 0 Å². The quantitative estimate of drug-likeness (QED) is 0.808. The van der Waals surface area contributed by atoms with Gasteiger partial charge in [-0.15, -0.1) is 0 Å². The molecular formula is C13H11BrNO2S-. The normalized spacial score (nSPS) is 12.2. The Bertz CT molecular complexity index is 509. The molecule has 0 fully saturated rings. The Morgan fingerprint density at radius 1 is 1.00 bits per heavy atom. The van der Waals surface area contributed by atoms with Gasteiger partial charge >= 0.3 is 0 Å². The first kappa shape index (κ1) is 13.3. The van der Waals surface area contributed by atoms with Gasteiger partial charge < -0.3 is 4.55 Å². The van der Waals surface area contributed by atoms with Crippen LogP contribution in [0.4, 0.5) is 11.4 Å². The van der Waals surface area contributed by atoms with Crippen molar-refractivity contribution in [1.29, 1.82) is 0 Å². The average molecular weight is 325 g/mol. The molecule has 94 valence electrons. The highest BCUT2D eigenvalue weighted by atomic mass is 79.9. The highest BCUT2D eigenvalue weighted by Crippen LogP contribution is 2.28. The monoisotopic (exact) mass is 324 g/mol. The third-order valence-corrected chi connectivity index (χ3v) is 3.73. The maximum absolute atomic E-state index is 11.4. The molecule has 5 heteroatoms. The molecule has 0 saturated carbocycles. The molecule has 1 atom stereocenters. The number of aryl methyl sites for hydroxylation is 1. The van der Waals surface area contributed by atoms with Crippen molar-refractivity contribution < 1.29 is 8.76 Å². The number of hydrogen-bond acceptors (Lipinski definition) is 2. The Labute approximate surface area is 117 Å². The predicted molar refractivity (Wildman–Crippen MR) is 76.4 cm³/mol. The van der Waals surface area contributed by atoms with Gasteiger partial charge in [0, 0.05) is 4.47 Å². The third kappa shape index (κ3) is 2.98. The highest BCUT2D eigenvalue weighted by molar-refractivity contribution is 9.10. The number of benzene rings is 2. The van der Waals surface area contributed by atoms with Crippen LogP contribution in [0.3, 0.4) is 0 Å².